The molecule has 0 bridgehead atoms. The smallest absolute Gasteiger partial charge is 0.338 e. The molecule has 0 fully saturated rings. The van der Waals surface area contributed by atoms with E-state index in [0.29, 0.717) is 29.0 Å². The van der Waals surface area contributed by atoms with Crippen molar-refractivity contribution in [1.82, 2.24) is 10.6 Å². The molecule has 1 heterocycles. The van der Waals surface area contributed by atoms with Gasteiger partial charge >= 0.3 is 12.0 Å². The summed E-state index contributed by atoms with van der Waals surface area (Å²) in [5, 5.41) is 5.63. The molecule has 2 amide bonds. The summed E-state index contributed by atoms with van der Waals surface area (Å²) in [7, 11) is 0. The number of unbranched alkanes of at least 4 members (excludes halogenated alkanes) is 1. The Morgan fingerprint density at radius 2 is 1.91 bits per heavy atom. The number of urea groups is 1. The molecule has 3 rings (SSSR count). The minimum Gasteiger partial charge on any atom is -0.489 e. The highest BCUT2D eigenvalue weighted by Gasteiger charge is 2.34. The summed E-state index contributed by atoms with van der Waals surface area (Å²) in [6, 6.07) is 12.3. The predicted molar refractivity (Wildman–Crippen MR) is 119 cm³/mol. The van der Waals surface area contributed by atoms with E-state index in [4.69, 9.17) is 9.47 Å². The Hall–Kier alpha value is -3.35. The van der Waals surface area contributed by atoms with Gasteiger partial charge < -0.3 is 20.1 Å². The average molecular weight is 441 g/mol. The summed E-state index contributed by atoms with van der Waals surface area (Å²) in [5.41, 5.74) is 2.53. The topological polar surface area (TPSA) is 76.7 Å². The molecule has 0 spiro atoms. The fraction of sp³-hybridized carbons (Fsp3) is 0.360. The van der Waals surface area contributed by atoms with E-state index < -0.39 is 12.0 Å². The molecule has 2 N–H and O–H groups in total. The van der Waals surface area contributed by atoms with Crippen molar-refractivity contribution in [3.8, 4) is 5.75 Å². The third kappa shape index (κ3) is 6.09. The Balaban J connectivity index is 1.88. The van der Waals surface area contributed by atoms with Gasteiger partial charge in [-0.2, -0.15) is 0 Å². The van der Waals surface area contributed by atoms with Crippen LogP contribution in [0, 0.1) is 5.82 Å². The summed E-state index contributed by atoms with van der Waals surface area (Å²) in [6.45, 7) is 5.90. The van der Waals surface area contributed by atoms with Gasteiger partial charge in [0.05, 0.1) is 17.7 Å². The number of hydrogen-bond donors (Lipinski definition) is 2. The number of halogens is 1. The Morgan fingerprint density at radius 1 is 1.16 bits per heavy atom. The zero-order chi connectivity index (χ0) is 23.1. The van der Waals surface area contributed by atoms with E-state index in [1.54, 1.807) is 44.2 Å². The molecule has 0 radical (unpaired) electrons. The number of amides is 2. The van der Waals surface area contributed by atoms with Gasteiger partial charge in [0, 0.05) is 5.70 Å². The number of hydrogen-bond acceptors (Lipinski definition) is 4. The lowest BCUT2D eigenvalue weighted by atomic mass is 9.93. The summed E-state index contributed by atoms with van der Waals surface area (Å²) in [6.07, 6.45) is 2.05. The molecule has 6 nitrogen and oxygen atoms in total. The van der Waals surface area contributed by atoms with E-state index in [9.17, 15) is 14.0 Å². The van der Waals surface area contributed by atoms with Crippen molar-refractivity contribution in [1.29, 1.82) is 0 Å². The van der Waals surface area contributed by atoms with Crippen molar-refractivity contribution < 1.29 is 23.5 Å². The highest BCUT2D eigenvalue weighted by Crippen LogP contribution is 2.31. The van der Waals surface area contributed by atoms with Crippen LogP contribution in [-0.2, 0) is 16.1 Å². The van der Waals surface area contributed by atoms with Crippen LogP contribution in [-0.4, -0.2) is 18.1 Å². The van der Waals surface area contributed by atoms with Crippen molar-refractivity contribution in [3.63, 3.8) is 0 Å². The molecule has 2 aromatic rings. The Labute approximate surface area is 187 Å². The van der Waals surface area contributed by atoms with Crippen molar-refractivity contribution in [2.75, 3.05) is 0 Å². The van der Waals surface area contributed by atoms with Gasteiger partial charge in [0.15, 0.2) is 0 Å². The fourth-order valence-corrected chi connectivity index (χ4v) is 3.47. The lowest BCUT2D eigenvalue weighted by molar-refractivity contribution is -0.143. The Morgan fingerprint density at radius 3 is 2.59 bits per heavy atom. The van der Waals surface area contributed by atoms with E-state index in [1.165, 1.54) is 12.1 Å². The third-order valence-electron chi connectivity index (χ3n) is 5.01. The largest absolute Gasteiger partial charge is 0.489 e. The minimum absolute atomic E-state index is 0.266. The molecule has 1 atom stereocenters. The van der Waals surface area contributed by atoms with Gasteiger partial charge in [-0.15, -0.1) is 0 Å². The molecule has 0 aliphatic carbocycles. The number of rotatable bonds is 9. The summed E-state index contributed by atoms with van der Waals surface area (Å²) < 4.78 is 24.4. The van der Waals surface area contributed by atoms with Gasteiger partial charge in [-0.05, 0) is 62.1 Å². The van der Waals surface area contributed by atoms with Gasteiger partial charge in [-0.1, -0.05) is 37.6 Å². The monoisotopic (exact) mass is 440 g/mol. The van der Waals surface area contributed by atoms with Crippen LogP contribution in [0.2, 0.25) is 0 Å². The molecular formula is C25H29FN2O4. The van der Waals surface area contributed by atoms with Crippen LogP contribution in [0.15, 0.2) is 59.8 Å². The fourth-order valence-electron chi connectivity index (χ4n) is 3.47. The highest BCUT2D eigenvalue weighted by atomic mass is 19.1. The zero-order valence-electron chi connectivity index (χ0n) is 18.6. The lowest BCUT2D eigenvalue weighted by Gasteiger charge is -2.30. The normalized spacial score (nSPS) is 15.9. The second kappa shape index (κ2) is 10.8. The maximum Gasteiger partial charge on any atom is 0.338 e. The maximum absolute atomic E-state index is 13.1. The Kier molecular flexibility index (Phi) is 7.87. The number of ether oxygens (including phenoxy) is 2. The lowest BCUT2D eigenvalue weighted by Crippen LogP contribution is -2.46. The van der Waals surface area contributed by atoms with Crippen molar-refractivity contribution in [3.05, 3.63) is 76.7 Å². The van der Waals surface area contributed by atoms with Crippen molar-refractivity contribution in [2.24, 2.45) is 0 Å². The van der Waals surface area contributed by atoms with E-state index in [2.05, 4.69) is 17.6 Å². The number of allylic oxidation sites excluding steroid dienone is 1. The van der Waals surface area contributed by atoms with Crippen LogP contribution in [0.5, 0.6) is 5.75 Å². The van der Waals surface area contributed by atoms with Crippen LogP contribution in [0.3, 0.4) is 0 Å². The third-order valence-corrected chi connectivity index (χ3v) is 5.01. The van der Waals surface area contributed by atoms with Gasteiger partial charge in [-0.3, -0.25) is 0 Å². The second-order valence-corrected chi connectivity index (χ2v) is 7.97. The van der Waals surface area contributed by atoms with E-state index in [0.717, 1.165) is 18.4 Å². The second-order valence-electron chi connectivity index (χ2n) is 7.97. The molecule has 1 aliphatic rings. The van der Waals surface area contributed by atoms with Crippen LogP contribution >= 0.6 is 0 Å². The molecule has 0 saturated carbocycles. The molecule has 0 saturated heterocycles. The number of esters is 1. The number of benzene rings is 2. The number of carbonyl (C=O) groups is 2. The molecule has 32 heavy (non-hydrogen) atoms. The van der Waals surface area contributed by atoms with Crippen molar-refractivity contribution in [2.45, 2.75) is 58.8 Å². The molecule has 0 aromatic heterocycles. The molecule has 1 unspecified atom stereocenters. The van der Waals surface area contributed by atoms with Crippen molar-refractivity contribution >= 4 is 12.0 Å². The first-order valence-electron chi connectivity index (χ1n) is 10.9. The molecule has 2 aromatic carbocycles. The minimum atomic E-state index is -0.656. The molecular weight excluding hydrogens is 411 g/mol. The van der Waals surface area contributed by atoms with Gasteiger partial charge in [0.25, 0.3) is 0 Å². The summed E-state index contributed by atoms with van der Waals surface area (Å²) in [4.78, 5) is 25.3. The van der Waals surface area contributed by atoms with E-state index >= 15 is 0 Å². The van der Waals surface area contributed by atoms with E-state index in [-0.39, 0.29) is 24.6 Å². The first-order chi connectivity index (χ1) is 15.4. The first-order valence-corrected chi connectivity index (χ1v) is 10.9. The zero-order valence-corrected chi connectivity index (χ0v) is 18.6. The number of nitrogens with one attached hydrogen (secondary N) is 2. The maximum atomic E-state index is 13.1. The standard InChI is InChI=1S/C25H29FN2O4/c1-4-5-9-21-22(24(29)32-16(2)3)23(28-25(30)27-21)18-7-6-8-20(14-18)31-15-17-10-12-19(26)13-11-17/h6-8,10-14,16,23H,4-5,9,15H2,1-3H3,(H2,27,28,30). The average Bonchev–Trinajstić information content (AvgIpc) is 2.76. The SMILES string of the molecule is CCCCC1=C(C(=O)OC(C)C)C(c2cccc(OCc3ccc(F)cc3)c2)NC(=O)N1. The summed E-state index contributed by atoms with van der Waals surface area (Å²) in [5.74, 6) is -0.184. The molecule has 170 valence electrons. The quantitative estimate of drug-likeness (QED) is 0.529. The first kappa shape index (κ1) is 23.3. The van der Waals surface area contributed by atoms with Gasteiger partial charge in [0.2, 0.25) is 0 Å². The molecule has 1 aliphatic heterocycles. The van der Waals surface area contributed by atoms with Crippen LogP contribution in [0.25, 0.3) is 0 Å². The number of carbonyl (C=O) groups excluding carboxylic acids is 2. The van der Waals surface area contributed by atoms with Gasteiger partial charge in [-0.25, -0.2) is 14.0 Å². The molecule has 7 heteroatoms. The van der Waals surface area contributed by atoms with Crippen LogP contribution < -0.4 is 15.4 Å². The van der Waals surface area contributed by atoms with Crippen LogP contribution in [0.4, 0.5) is 9.18 Å². The van der Waals surface area contributed by atoms with E-state index in [1.807, 2.05) is 6.07 Å². The van der Waals surface area contributed by atoms with Crippen LogP contribution in [0.1, 0.15) is 57.2 Å². The predicted octanol–water partition coefficient (Wildman–Crippen LogP) is 5.15. The summed E-state index contributed by atoms with van der Waals surface area (Å²) >= 11 is 0. The Bertz CT molecular complexity index is 986. The van der Waals surface area contributed by atoms with Gasteiger partial charge in [0.1, 0.15) is 18.2 Å². The highest BCUT2D eigenvalue weighted by molar-refractivity contribution is 5.95.